The lowest BCUT2D eigenvalue weighted by Crippen LogP contribution is -2.55. The van der Waals surface area contributed by atoms with Crippen molar-refractivity contribution < 1.29 is 19.4 Å². The largest absolute Gasteiger partial charge is 0.462 e. The van der Waals surface area contributed by atoms with E-state index in [1.165, 1.54) is 32.9 Å². The molecule has 7 atom stereocenters. The molecule has 0 aromatic heterocycles. The zero-order valence-electron chi connectivity index (χ0n) is 19.2. The second-order valence-corrected chi connectivity index (χ2v) is 11.2. The second kappa shape index (κ2) is 8.54. The van der Waals surface area contributed by atoms with Crippen LogP contribution in [-0.4, -0.2) is 53.6 Å². The van der Waals surface area contributed by atoms with Gasteiger partial charge in [-0.25, -0.2) is 0 Å². The predicted molar refractivity (Wildman–Crippen MR) is 116 cm³/mol. The molecule has 1 N–H and O–H groups in total. The number of ether oxygens (including phenoxy) is 1. The Morgan fingerprint density at radius 1 is 1.13 bits per heavy atom. The smallest absolute Gasteiger partial charge is 0.302 e. The number of carbonyl (C=O) groups is 2. The van der Waals surface area contributed by atoms with Crippen LogP contribution in [0.15, 0.2) is 0 Å². The van der Waals surface area contributed by atoms with E-state index >= 15 is 0 Å². The Bertz CT molecular complexity index is 660. The number of hydrogen-bond acceptors (Lipinski definition) is 5. The highest BCUT2D eigenvalue weighted by atomic mass is 16.5. The van der Waals surface area contributed by atoms with E-state index in [-0.39, 0.29) is 40.8 Å². The lowest BCUT2D eigenvalue weighted by atomic mass is 9.51. The quantitative estimate of drug-likeness (QED) is 0.683. The number of aliphatic hydroxyl groups is 1. The Balaban J connectivity index is 1.58. The number of esters is 1. The molecule has 0 aromatic carbocycles. The van der Waals surface area contributed by atoms with Gasteiger partial charge in [0.05, 0.1) is 6.10 Å². The summed E-state index contributed by atoms with van der Waals surface area (Å²) in [6.07, 6.45) is 9.34. The summed E-state index contributed by atoms with van der Waals surface area (Å²) in [6.45, 7) is 9.53. The molecule has 1 saturated heterocycles. The molecule has 1 heterocycles. The van der Waals surface area contributed by atoms with Crippen LogP contribution in [0.2, 0.25) is 0 Å². The van der Waals surface area contributed by atoms with Crippen LogP contribution in [0.25, 0.3) is 0 Å². The van der Waals surface area contributed by atoms with E-state index in [1.807, 2.05) is 0 Å². The van der Waals surface area contributed by atoms with Crippen LogP contribution in [0.5, 0.6) is 0 Å². The number of rotatable bonds is 5. The van der Waals surface area contributed by atoms with Gasteiger partial charge < -0.3 is 14.7 Å². The van der Waals surface area contributed by atoms with E-state index in [1.54, 1.807) is 0 Å². The third-order valence-electron chi connectivity index (χ3n) is 9.55. The second-order valence-electron chi connectivity index (χ2n) is 11.2. The minimum Gasteiger partial charge on any atom is -0.462 e. The first kappa shape index (κ1) is 22.3. The molecule has 3 saturated carbocycles. The van der Waals surface area contributed by atoms with Gasteiger partial charge >= 0.3 is 5.97 Å². The summed E-state index contributed by atoms with van der Waals surface area (Å²) in [5, 5.41) is 10.5. The van der Waals surface area contributed by atoms with Crippen LogP contribution in [0, 0.1) is 28.6 Å². The van der Waals surface area contributed by atoms with Crippen molar-refractivity contribution in [1.82, 2.24) is 4.90 Å². The zero-order chi connectivity index (χ0) is 21.5. The van der Waals surface area contributed by atoms with Crippen molar-refractivity contribution >= 4 is 11.8 Å². The van der Waals surface area contributed by atoms with Gasteiger partial charge in [0.15, 0.2) is 0 Å². The summed E-state index contributed by atoms with van der Waals surface area (Å²) >= 11 is 0. The molecular formula is C25H41NO4. The van der Waals surface area contributed by atoms with Crippen molar-refractivity contribution in [2.75, 3.05) is 19.6 Å². The topological polar surface area (TPSA) is 66.8 Å². The van der Waals surface area contributed by atoms with Crippen LogP contribution in [0.1, 0.15) is 85.0 Å². The van der Waals surface area contributed by atoms with Crippen molar-refractivity contribution in [3.05, 3.63) is 0 Å². The molecule has 5 heteroatoms. The molecule has 3 aliphatic carbocycles. The van der Waals surface area contributed by atoms with Gasteiger partial charge in [-0.2, -0.15) is 0 Å². The van der Waals surface area contributed by atoms with Crippen LogP contribution in [-0.2, 0) is 14.3 Å². The van der Waals surface area contributed by atoms with Crippen LogP contribution in [0.3, 0.4) is 0 Å². The molecule has 5 nitrogen and oxygen atoms in total. The maximum atomic E-state index is 12.7. The molecule has 0 bridgehead atoms. The van der Waals surface area contributed by atoms with Gasteiger partial charge in [0.1, 0.15) is 11.9 Å². The fourth-order valence-electron chi connectivity index (χ4n) is 7.59. The highest BCUT2D eigenvalue weighted by Crippen LogP contribution is 2.60. The van der Waals surface area contributed by atoms with Gasteiger partial charge in [0, 0.05) is 30.6 Å². The number of aliphatic hydroxyl groups excluding tert-OH is 1. The zero-order valence-corrected chi connectivity index (χ0v) is 19.2. The van der Waals surface area contributed by atoms with Crippen LogP contribution in [0.4, 0.5) is 0 Å². The average Bonchev–Trinajstić information content (AvgIpc) is 3.31. The van der Waals surface area contributed by atoms with E-state index in [0.29, 0.717) is 18.1 Å². The molecule has 1 aliphatic heterocycles. The molecule has 0 radical (unpaired) electrons. The van der Waals surface area contributed by atoms with Gasteiger partial charge in [0.2, 0.25) is 0 Å². The van der Waals surface area contributed by atoms with Crippen molar-refractivity contribution in [2.45, 2.75) is 97.2 Å². The van der Waals surface area contributed by atoms with Gasteiger partial charge in [-0.3, -0.25) is 9.59 Å². The lowest BCUT2D eigenvalue weighted by molar-refractivity contribution is -0.177. The van der Waals surface area contributed by atoms with Crippen molar-refractivity contribution in [3.63, 3.8) is 0 Å². The van der Waals surface area contributed by atoms with Gasteiger partial charge in [-0.1, -0.05) is 13.8 Å². The first-order valence-corrected chi connectivity index (χ1v) is 12.3. The van der Waals surface area contributed by atoms with Crippen molar-refractivity contribution in [2.24, 2.45) is 28.6 Å². The Morgan fingerprint density at radius 2 is 1.87 bits per heavy atom. The predicted octanol–water partition coefficient (Wildman–Crippen LogP) is 3.97. The Hall–Kier alpha value is -0.940. The first-order chi connectivity index (χ1) is 14.2. The highest BCUT2D eigenvalue weighted by molar-refractivity contribution is 5.87. The van der Waals surface area contributed by atoms with E-state index in [4.69, 9.17) is 4.74 Å². The standard InChI is InChI=1S/C25H41NO4/c1-17(27)30-23-20-6-7-22(29)25(20,3)12-9-21(23)24(2)11-8-19(28)16-18(24)10-15-26-13-4-5-14-26/h18-21,23,28H,4-16H2,1-3H3/t18-,19-,20?,21?,23?,24-,25?/m0/s1. The van der Waals surface area contributed by atoms with E-state index in [2.05, 4.69) is 18.7 Å². The van der Waals surface area contributed by atoms with Gasteiger partial charge in [-0.05, 0) is 88.8 Å². The maximum absolute atomic E-state index is 12.7. The third-order valence-corrected chi connectivity index (χ3v) is 9.55. The third kappa shape index (κ3) is 3.97. The van der Waals surface area contributed by atoms with Gasteiger partial charge in [-0.15, -0.1) is 0 Å². The molecule has 4 unspecified atom stereocenters. The SMILES string of the molecule is CC(=O)OC1C2CCC(=O)C2(C)CCC1[C@@]1(C)CC[C@H](O)C[C@@H]1CCN1CCCC1. The summed E-state index contributed by atoms with van der Waals surface area (Å²) < 4.78 is 6.04. The molecule has 0 aromatic rings. The molecule has 4 aliphatic rings. The monoisotopic (exact) mass is 419 g/mol. The molecule has 4 rings (SSSR count). The summed E-state index contributed by atoms with van der Waals surface area (Å²) in [5.74, 6) is 1.00. The lowest BCUT2D eigenvalue weighted by Gasteiger charge is -2.55. The first-order valence-electron chi connectivity index (χ1n) is 12.3. The van der Waals surface area contributed by atoms with Crippen LogP contribution < -0.4 is 0 Å². The van der Waals surface area contributed by atoms with Gasteiger partial charge in [0.25, 0.3) is 0 Å². The Morgan fingerprint density at radius 3 is 2.57 bits per heavy atom. The van der Waals surface area contributed by atoms with E-state index in [0.717, 1.165) is 51.5 Å². The molecule has 30 heavy (non-hydrogen) atoms. The summed E-state index contributed by atoms with van der Waals surface area (Å²) in [7, 11) is 0. The molecule has 170 valence electrons. The number of likely N-dealkylation sites (tertiary alicyclic amines) is 1. The minimum absolute atomic E-state index is 0.0477. The summed E-state index contributed by atoms with van der Waals surface area (Å²) in [4.78, 5) is 27.4. The molecular weight excluding hydrogens is 378 g/mol. The van der Waals surface area contributed by atoms with Crippen molar-refractivity contribution in [3.8, 4) is 0 Å². The summed E-state index contributed by atoms with van der Waals surface area (Å²) in [5.41, 5.74) is -0.280. The number of Topliss-reactive ketones (excluding diaryl/α,β-unsaturated/α-hetero) is 1. The average molecular weight is 420 g/mol. The number of carbonyl (C=O) groups excluding carboxylic acids is 2. The van der Waals surface area contributed by atoms with Crippen LogP contribution >= 0.6 is 0 Å². The van der Waals surface area contributed by atoms with E-state index in [9.17, 15) is 14.7 Å². The van der Waals surface area contributed by atoms with Crippen molar-refractivity contribution in [1.29, 1.82) is 0 Å². The summed E-state index contributed by atoms with van der Waals surface area (Å²) in [6, 6.07) is 0. The Kier molecular flexibility index (Phi) is 6.33. The van der Waals surface area contributed by atoms with E-state index < -0.39 is 0 Å². The molecule has 0 amide bonds. The fraction of sp³-hybridized carbons (Fsp3) is 0.920. The minimum atomic E-state index is -0.327. The molecule has 4 fully saturated rings. The fourth-order valence-corrected chi connectivity index (χ4v) is 7.59. The number of ketones is 1. The number of nitrogens with zero attached hydrogens (tertiary/aromatic N) is 1. The maximum Gasteiger partial charge on any atom is 0.302 e. The number of fused-ring (bicyclic) bond motifs is 1. The Labute approximate surface area is 181 Å². The molecule has 0 spiro atoms. The number of hydrogen-bond donors (Lipinski definition) is 1. The highest BCUT2D eigenvalue weighted by Gasteiger charge is 2.59. The normalized spacial score (nSPS) is 44.8.